The average molecular weight is 288 g/mol. The van der Waals surface area contributed by atoms with E-state index in [1.165, 1.54) is 0 Å². The van der Waals surface area contributed by atoms with Gasteiger partial charge in [-0.1, -0.05) is 47.3 Å². The van der Waals surface area contributed by atoms with E-state index in [9.17, 15) is 0 Å². The van der Waals surface area contributed by atoms with Crippen LogP contribution in [0.1, 0.15) is 11.5 Å². The molecule has 96 valence electrons. The minimum atomic E-state index is 0.766. The largest absolute Gasteiger partial charge is 0.360 e. The molecule has 5 heteroatoms. The second-order valence-corrected chi connectivity index (χ2v) is 6.17. The van der Waals surface area contributed by atoms with Crippen molar-refractivity contribution in [2.45, 2.75) is 17.0 Å². The summed E-state index contributed by atoms with van der Waals surface area (Å²) in [4.78, 5) is 4.62. The molecule has 3 rings (SSSR count). The van der Waals surface area contributed by atoms with Crippen molar-refractivity contribution < 1.29 is 4.52 Å². The Morgan fingerprint density at radius 3 is 2.84 bits per heavy atom. The molecule has 0 saturated carbocycles. The van der Waals surface area contributed by atoms with Crippen LogP contribution in [0.4, 0.5) is 0 Å². The summed E-state index contributed by atoms with van der Waals surface area (Å²) in [5.41, 5.74) is 3.10. The van der Waals surface area contributed by atoms with Gasteiger partial charge in [0.05, 0.1) is 17.1 Å². The highest BCUT2D eigenvalue weighted by Gasteiger charge is 2.07. The van der Waals surface area contributed by atoms with Crippen molar-refractivity contribution in [2.75, 3.05) is 0 Å². The van der Waals surface area contributed by atoms with Crippen LogP contribution in [-0.2, 0) is 5.75 Å². The van der Waals surface area contributed by atoms with Gasteiger partial charge in [-0.2, -0.15) is 0 Å². The number of rotatable bonds is 4. The Hall–Kier alpha value is -1.59. The molecule has 0 aliphatic rings. The summed E-state index contributed by atoms with van der Waals surface area (Å²) in [5, 5.41) is 5.96. The number of nitrogens with zero attached hydrogens (tertiary/aromatic N) is 2. The third-order valence-electron chi connectivity index (χ3n) is 2.57. The lowest BCUT2D eigenvalue weighted by atomic mass is 10.2. The van der Waals surface area contributed by atoms with Crippen molar-refractivity contribution in [2.24, 2.45) is 0 Å². The van der Waals surface area contributed by atoms with Crippen molar-refractivity contribution in [1.82, 2.24) is 10.1 Å². The lowest BCUT2D eigenvalue weighted by Gasteiger charge is -1.94. The molecular formula is C14H12N2OS2. The van der Waals surface area contributed by atoms with E-state index in [1.54, 1.807) is 23.1 Å². The maximum absolute atomic E-state index is 5.18. The molecular weight excluding hydrogens is 276 g/mol. The average Bonchev–Trinajstić information content (AvgIpc) is 3.06. The highest BCUT2D eigenvalue weighted by Crippen LogP contribution is 2.30. The van der Waals surface area contributed by atoms with Gasteiger partial charge in [-0.3, -0.25) is 0 Å². The lowest BCUT2D eigenvalue weighted by Crippen LogP contribution is -1.78. The summed E-state index contributed by atoms with van der Waals surface area (Å²) < 4.78 is 6.23. The molecule has 2 aromatic heterocycles. The molecule has 0 aliphatic carbocycles. The number of thioether (sulfide) groups is 1. The van der Waals surface area contributed by atoms with Crippen molar-refractivity contribution in [1.29, 1.82) is 0 Å². The van der Waals surface area contributed by atoms with Gasteiger partial charge in [0.1, 0.15) is 5.76 Å². The van der Waals surface area contributed by atoms with Gasteiger partial charge in [0.25, 0.3) is 0 Å². The van der Waals surface area contributed by atoms with E-state index in [0.717, 1.165) is 32.8 Å². The summed E-state index contributed by atoms with van der Waals surface area (Å²) in [6.07, 6.45) is 0. The van der Waals surface area contributed by atoms with Crippen molar-refractivity contribution in [3.63, 3.8) is 0 Å². The Labute approximate surface area is 119 Å². The van der Waals surface area contributed by atoms with Gasteiger partial charge in [-0.25, -0.2) is 4.98 Å². The summed E-state index contributed by atoms with van der Waals surface area (Å²) >= 11 is 3.34. The van der Waals surface area contributed by atoms with Crippen LogP contribution in [0.2, 0.25) is 0 Å². The molecule has 3 nitrogen and oxygen atoms in total. The van der Waals surface area contributed by atoms with Gasteiger partial charge >= 0.3 is 0 Å². The van der Waals surface area contributed by atoms with Gasteiger partial charge in [0, 0.05) is 17.0 Å². The standard InChI is InChI=1S/C14H12N2OS2/c1-10-7-12(17-16-10)8-18-14-15-13(9-19-14)11-5-3-2-4-6-11/h2-7,9H,8H2,1H3. The molecule has 0 fully saturated rings. The van der Waals surface area contributed by atoms with Crippen LogP contribution < -0.4 is 0 Å². The summed E-state index contributed by atoms with van der Waals surface area (Å²) in [5.74, 6) is 1.65. The number of hydrogen-bond donors (Lipinski definition) is 0. The van der Waals surface area contributed by atoms with Crippen LogP contribution in [0.25, 0.3) is 11.3 Å². The fourth-order valence-corrected chi connectivity index (χ4v) is 3.39. The highest BCUT2D eigenvalue weighted by molar-refractivity contribution is 8.00. The van der Waals surface area contributed by atoms with Crippen LogP contribution in [0.5, 0.6) is 0 Å². The fourth-order valence-electron chi connectivity index (χ4n) is 1.68. The van der Waals surface area contributed by atoms with Gasteiger partial charge in [0.2, 0.25) is 0 Å². The zero-order valence-electron chi connectivity index (χ0n) is 10.4. The second-order valence-electron chi connectivity index (χ2n) is 4.09. The maximum Gasteiger partial charge on any atom is 0.150 e. The van der Waals surface area contributed by atoms with Gasteiger partial charge in [-0.05, 0) is 6.92 Å². The zero-order chi connectivity index (χ0) is 13.1. The molecule has 2 heterocycles. The first-order valence-corrected chi connectivity index (χ1v) is 7.74. The van der Waals surface area contributed by atoms with E-state index < -0.39 is 0 Å². The normalized spacial score (nSPS) is 10.8. The molecule has 0 bridgehead atoms. The Balaban J connectivity index is 1.68. The molecule has 0 amide bonds. The first-order chi connectivity index (χ1) is 9.31. The Morgan fingerprint density at radius 2 is 2.11 bits per heavy atom. The van der Waals surface area contributed by atoms with Crippen LogP contribution in [0.15, 0.2) is 50.6 Å². The smallest absolute Gasteiger partial charge is 0.150 e. The minimum Gasteiger partial charge on any atom is -0.360 e. The second kappa shape index (κ2) is 5.59. The van der Waals surface area contributed by atoms with E-state index in [-0.39, 0.29) is 0 Å². The maximum atomic E-state index is 5.18. The monoisotopic (exact) mass is 288 g/mol. The fraction of sp³-hybridized carbons (Fsp3) is 0.143. The molecule has 0 radical (unpaired) electrons. The van der Waals surface area contributed by atoms with Crippen molar-refractivity contribution in [3.05, 3.63) is 53.2 Å². The molecule has 0 unspecified atom stereocenters. The number of hydrogen-bond acceptors (Lipinski definition) is 5. The van der Waals surface area contributed by atoms with E-state index in [1.807, 2.05) is 31.2 Å². The Kier molecular flexibility index (Phi) is 3.66. The molecule has 0 saturated heterocycles. The minimum absolute atomic E-state index is 0.766. The molecule has 19 heavy (non-hydrogen) atoms. The number of aromatic nitrogens is 2. The molecule has 0 spiro atoms. The van der Waals surface area contributed by atoms with E-state index in [0.29, 0.717) is 0 Å². The SMILES string of the molecule is Cc1cc(CSc2nc(-c3ccccc3)cs2)on1. The van der Waals surface area contributed by atoms with Gasteiger partial charge in [-0.15, -0.1) is 11.3 Å². The van der Waals surface area contributed by atoms with Gasteiger partial charge in [0.15, 0.2) is 4.34 Å². The zero-order valence-corrected chi connectivity index (χ0v) is 12.0. The topological polar surface area (TPSA) is 38.9 Å². The molecule has 0 aliphatic heterocycles. The Bertz CT molecular complexity index is 661. The van der Waals surface area contributed by atoms with Crippen molar-refractivity contribution in [3.8, 4) is 11.3 Å². The lowest BCUT2D eigenvalue weighted by molar-refractivity contribution is 0.391. The molecule has 0 N–H and O–H groups in total. The van der Waals surface area contributed by atoms with Crippen LogP contribution in [0.3, 0.4) is 0 Å². The third kappa shape index (κ3) is 3.05. The quantitative estimate of drug-likeness (QED) is 0.667. The summed E-state index contributed by atoms with van der Waals surface area (Å²) in [7, 11) is 0. The van der Waals surface area contributed by atoms with Crippen LogP contribution >= 0.6 is 23.1 Å². The van der Waals surface area contributed by atoms with Crippen LogP contribution in [0, 0.1) is 6.92 Å². The molecule has 0 atom stereocenters. The van der Waals surface area contributed by atoms with Crippen molar-refractivity contribution >= 4 is 23.1 Å². The third-order valence-corrected chi connectivity index (χ3v) is 4.61. The van der Waals surface area contributed by atoms with E-state index in [2.05, 4.69) is 27.7 Å². The predicted octanol–water partition coefficient (Wildman–Crippen LogP) is 4.40. The van der Waals surface area contributed by atoms with E-state index in [4.69, 9.17) is 4.52 Å². The number of benzene rings is 1. The first kappa shape index (κ1) is 12.4. The number of thiazole rings is 1. The van der Waals surface area contributed by atoms with Gasteiger partial charge < -0.3 is 4.52 Å². The highest BCUT2D eigenvalue weighted by atomic mass is 32.2. The summed E-state index contributed by atoms with van der Waals surface area (Å²) in [6, 6.07) is 12.2. The molecule has 1 aromatic carbocycles. The molecule has 3 aromatic rings. The van der Waals surface area contributed by atoms with E-state index >= 15 is 0 Å². The predicted molar refractivity (Wildman–Crippen MR) is 78.4 cm³/mol. The summed E-state index contributed by atoms with van der Waals surface area (Å²) in [6.45, 7) is 1.93. The Morgan fingerprint density at radius 1 is 1.26 bits per heavy atom. The number of aryl methyl sites for hydroxylation is 1. The first-order valence-electron chi connectivity index (χ1n) is 5.87. The van der Waals surface area contributed by atoms with Crippen LogP contribution in [-0.4, -0.2) is 10.1 Å².